The largest absolute Gasteiger partial charge is 0.490 e. The van der Waals surface area contributed by atoms with Crippen LogP contribution in [0.25, 0.3) is 0 Å². The Morgan fingerprint density at radius 3 is 1.32 bits per heavy atom. The maximum atomic E-state index is 12.2. The van der Waals surface area contributed by atoms with Gasteiger partial charge in [0.15, 0.2) is 12.2 Å². The highest BCUT2D eigenvalue weighted by Gasteiger charge is 2.34. The van der Waals surface area contributed by atoms with Gasteiger partial charge in [0.25, 0.3) is 0 Å². The van der Waals surface area contributed by atoms with Crippen LogP contribution in [0.4, 0.5) is 0 Å². The van der Waals surface area contributed by atoms with E-state index in [4.69, 9.17) is 28.4 Å². The van der Waals surface area contributed by atoms with Gasteiger partial charge in [0, 0.05) is 14.2 Å². The second-order valence-electron chi connectivity index (χ2n) is 8.78. The second-order valence-corrected chi connectivity index (χ2v) is 8.78. The third-order valence-electron chi connectivity index (χ3n) is 5.42. The standard InChI is InChI=1S/C28H38O10/c1-19(17-35-23-9-5-21(6-10-23)13-15-33-3)37-27(31)25(29)26(30)28(32)38-20(2)18-36-24-11-7-22(8-12-24)14-16-34-4/h5-12,19-20,25-26,29-30H,13-18H2,1-4H3. The number of aliphatic hydroxyl groups excluding tert-OH is 2. The van der Waals surface area contributed by atoms with Crippen LogP contribution in [-0.2, 0) is 41.4 Å². The van der Waals surface area contributed by atoms with E-state index >= 15 is 0 Å². The molecule has 4 unspecified atom stereocenters. The van der Waals surface area contributed by atoms with E-state index in [1.807, 2.05) is 24.3 Å². The van der Waals surface area contributed by atoms with Crippen molar-refractivity contribution in [2.24, 2.45) is 0 Å². The first kappa shape index (κ1) is 31.0. The minimum Gasteiger partial charge on any atom is -0.490 e. The van der Waals surface area contributed by atoms with E-state index in [2.05, 4.69) is 0 Å². The molecule has 210 valence electrons. The predicted molar refractivity (Wildman–Crippen MR) is 138 cm³/mol. The molecule has 2 N–H and O–H groups in total. The van der Waals surface area contributed by atoms with Gasteiger partial charge in [-0.2, -0.15) is 0 Å². The quantitative estimate of drug-likeness (QED) is 0.291. The summed E-state index contributed by atoms with van der Waals surface area (Å²) in [5.41, 5.74) is 2.19. The molecule has 10 heteroatoms. The molecule has 2 rings (SSSR count). The molecule has 0 bridgehead atoms. The molecule has 2 aromatic carbocycles. The summed E-state index contributed by atoms with van der Waals surface area (Å²) in [6, 6.07) is 14.8. The van der Waals surface area contributed by atoms with Crippen LogP contribution in [0, 0.1) is 0 Å². The molecule has 0 aliphatic rings. The molecule has 0 fully saturated rings. The van der Waals surface area contributed by atoms with Crippen LogP contribution < -0.4 is 9.47 Å². The molecule has 0 spiro atoms. The maximum Gasteiger partial charge on any atom is 0.338 e. The lowest BCUT2D eigenvalue weighted by Crippen LogP contribution is -2.44. The normalized spacial score (nSPS) is 14.2. The fourth-order valence-corrected chi connectivity index (χ4v) is 3.23. The third-order valence-corrected chi connectivity index (χ3v) is 5.42. The highest BCUT2D eigenvalue weighted by Crippen LogP contribution is 2.15. The van der Waals surface area contributed by atoms with Gasteiger partial charge in [-0.05, 0) is 62.1 Å². The number of carbonyl (C=O) groups is 2. The van der Waals surface area contributed by atoms with Crippen molar-refractivity contribution < 1.29 is 48.2 Å². The van der Waals surface area contributed by atoms with Crippen LogP contribution in [0.15, 0.2) is 48.5 Å². The molecular weight excluding hydrogens is 496 g/mol. The lowest BCUT2D eigenvalue weighted by molar-refractivity contribution is -0.179. The molecule has 0 aliphatic carbocycles. The molecule has 0 amide bonds. The van der Waals surface area contributed by atoms with Gasteiger partial charge in [0.2, 0.25) is 0 Å². The lowest BCUT2D eigenvalue weighted by Gasteiger charge is -2.21. The Morgan fingerprint density at radius 1 is 0.658 bits per heavy atom. The zero-order valence-corrected chi connectivity index (χ0v) is 22.3. The topological polar surface area (TPSA) is 130 Å². The van der Waals surface area contributed by atoms with E-state index in [0.29, 0.717) is 24.7 Å². The Bertz CT molecular complexity index is 881. The molecular formula is C28H38O10. The van der Waals surface area contributed by atoms with Gasteiger partial charge in [-0.3, -0.25) is 0 Å². The minimum absolute atomic E-state index is 0.0121. The van der Waals surface area contributed by atoms with Crippen molar-refractivity contribution in [3.8, 4) is 11.5 Å². The molecule has 4 atom stereocenters. The van der Waals surface area contributed by atoms with Gasteiger partial charge in [0.05, 0.1) is 13.2 Å². The predicted octanol–water partition coefficient (Wildman–Crippen LogP) is 2.11. The fourth-order valence-electron chi connectivity index (χ4n) is 3.23. The molecule has 10 nitrogen and oxygen atoms in total. The molecule has 0 heterocycles. The zero-order chi connectivity index (χ0) is 27.9. The molecule has 0 saturated carbocycles. The van der Waals surface area contributed by atoms with Crippen LogP contribution in [0.1, 0.15) is 25.0 Å². The molecule has 0 radical (unpaired) electrons. The van der Waals surface area contributed by atoms with Gasteiger partial charge in [0.1, 0.15) is 36.9 Å². The number of ether oxygens (including phenoxy) is 6. The van der Waals surface area contributed by atoms with Crippen LogP contribution in [0.3, 0.4) is 0 Å². The molecule has 2 aromatic rings. The third kappa shape index (κ3) is 11.1. The van der Waals surface area contributed by atoms with Gasteiger partial charge < -0.3 is 38.6 Å². The van der Waals surface area contributed by atoms with E-state index in [9.17, 15) is 19.8 Å². The smallest absolute Gasteiger partial charge is 0.338 e. The highest BCUT2D eigenvalue weighted by molar-refractivity contribution is 5.85. The Morgan fingerprint density at radius 2 is 1.00 bits per heavy atom. The Hall–Kier alpha value is -3.18. The molecule has 0 aliphatic heterocycles. The number of esters is 2. The summed E-state index contributed by atoms with van der Waals surface area (Å²) in [5, 5.41) is 20.2. The van der Waals surface area contributed by atoms with Crippen LogP contribution in [0.2, 0.25) is 0 Å². The SMILES string of the molecule is COCCc1ccc(OCC(C)OC(=O)C(O)C(O)C(=O)OC(C)COc2ccc(CCOC)cc2)cc1. The first-order chi connectivity index (χ1) is 18.2. The van der Waals surface area contributed by atoms with Crippen LogP contribution >= 0.6 is 0 Å². The Kier molecular flexibility index (Phi) is 13.6. The molecule has 0 aromatic heterocycles. The van der Waals surface area contributed by atoms with E-state index in [1.165, 1.54) is 0 Å². The summed E-state index contributed by atoms with van der Waals surface area (Å²) in [7, 11) is 3.28. The Labute approximate surface area is 223 Å². The Balaban J connectivity index is 1.71. The van der Waals surface area contributed by atoms with E-state index in [0.717, 1.165) is 24.0 Å². The van der Waals surface area contributed by atoms with Crippen molar-refractivity contribution >= 4 is 11.9 Å². The fraction of sp³-hybridized carbons (Fsp3) is 0.500. The summed E-state index contributed by atoms with van der Waals surface area (Å²) in [4.78, 5) is 24.4. The van der Waals surface area contributed by atoms with Crippen LogP contribution in [-0.4, -0.2) is 87.2 Å². The van der Waals surface area contributed by atoms with Gasteiger partial charge in [-0.1, -0.05) is 24.3 Å². The number of hydrogen-bond acceptors (Lipinski definition) is 10. The van der Waals surface area contributed by atoms with E-state index in [1.54, 1.807) is 52.3 Å². The van der Waals surface area contributed by atoms with Crippen molar-refractivity contribution in [2.75, 3.05) is 40.6 Å². The van der Waals surface area contributed by atoms with Crippen molar-refractivity contribution in [1.82, 2.24) is 0 Å². The molecule has 38 heavy (non-hydrogen) atoms. The number of hydrogen-bond donors (Lipinski definition) is 2. The highest BCUT2D eigenvalue weighted by atomic mass is 16.6. The summed E-state index contributed by atoms with van der Waals surface area (Å²) in [6.45, 7) is 4.38. The number of aliphatic hydroxyl groups is 2. The first-order valence-corrected chi connectivity index (χ1v) is 12.4. The number of carbonyl (C=O) groups excluding carboxylic acids is 2. The number of rotatable bonds is 17. The number of benzene rings is 2. The van der Waals surface area contributed by atoms with Gasteiger partial charge >= 0.3 is 11.9 Å². The van der Waals surface area contributed by atoms with Gasteiger partial charge in [-0.25, -0.2) is 9.59 Å². The summed E-state index contributed by atoms with van der Waals surface area (Å²) in [6.07, 6.45) is -4.16. The average molecular weight is 535 g/mol. The van der Waals surface area contributed by atoms with Crippen LogP contribution in [0.5, 0.6) is 11.5 Å². The first-order valence-electron chi connectivity index (χ1n) is 12.4. The maximum absolute atomic E-state index is 12.2. The van der Waals surface area contributed by atoms with Crippen molar-refractivity contribution in [2.45, 2.75) is 51.1 Å². The molecule has 0 saturated heterocycles. The minimum atomic E-state index is -2.11. The van der Waals surface area contributed by atoms with Crippen molar-refractivity contribution in [3.05, 3.63) is 59.7 Å². The van der Waals surface area contributed by atoms with E-state index < -0.39 is 36.4 Å². The van der Waals surface area contributed by atoms with Crippen molar-refractivity contribution in [3.63, 3.8) is 0 Å². The second kappa shape index (κ2) is 16.6. The lowest BCUT2D eigenvalue weighted by atomic mass is 10.1. The van der Waals surface area contributed by atoms with Gasteiger partial charge in [-0.15, -0.1) is 0 Å². The van der Waals surface area contributed by atoms with Crippen molar-refractivity contribution in [1.29, 1.82) is 0 Å². The average Bonchev–Trinajstić information content (AvgIpc) is 2.92. The summed E-state index contributed by atoms with van der Waals surface area (Å²) >= 11 is 0. The number of methoxy groups -OCH3 is 2. The monoisotopic (exact) mass is 534 g/mol. The summed E-state index contributed by atoms with van der Waals surface area (Å²) < 4.78 is 31.5. The summed E-state index contributed by atoms with van der Waals surface area (Å²) in [5.74, 6) is -1.18. The van der Waals surface area contributed by atoms with E-state index in [-0.39, 0.29) is 13.2 Å². The zero-order valence-electron chi connectivity index (χ0n) is 22.3.